The van der Waals surface area contributed by atoms with Gasteiger partial charge in [-0.25, -0.2) is 0 Å². The van der Waals surface area contributed by atoms with Crippen molar-refractivity contribution >= 4 is 11.4 Å². The molecule has 2 heteroatoms. The Hall–Kier alpha value is -2.53. The van der Waals surface area contributed by atoms with Crippen LogP contribution in [0.5, 0.6) is 0 Å². The third-order valence-electron chi connectivity index (χ3n) is 2.66. The predicted molar refractivity (Wildman–Crippen MR) is 74.4 cm³/mol. The zero-order valence-electron chi connectivity index (χ0n) is 10.2. The minimum absolute atomic E-state index is 0.618. The SMILES string of the molecule is CC=C(C#N)N(c1ccccc1)c1ccccc1. The molecule has 2 nitrogen and oxygen atoms in total. The number of benzene rings is 2. The van der Waals surface area contributed by atoms with Gasteiger partial charge in [-0.1, -0.05) is 42.5 Å². The van der Waals surface area contributed by atoms with E-state index in [0.29, 0.717) is 5.70 Å². The van der Waals surface area contributed by atoms with Gasteiger partial charge in [0.05, 0.1) is 0 Å². The molecule has 2 rings (SSSR count). The molecule has 0 amide bonds. The van der Waals surface area contributed by atoms with Crippen molar-refractivity contribution in [3.63, 3.8) is 0 Å². The van der Waals surface area contributed by atoms with Gasteiger partial charge in [0.2, 0.25) is 0 Å². The van der Waals surface area contributed by atoms with Crippen molar-refractivity contribution in [1.29, 1.82) is 5.26 Å². The van der Waals surface area contributed by atoms with E-state index in [1.54, 1.807) is 0 Å². The third kappa shape index (κ3) is 2.41. The summed E-state index contributed by atoms with van der Waals surface area (Å²) < 4.78 is 0. The average Bonchev–Trinajstić information content (AvgIpc) is 2.46. The normalized spacial score (nSPS) is 10.8. The summed E-state index contributed by atoms with van der Waals surface area (Å²) >= 11 is 0. The first-order valence-corrected chi connectivity index (χ1v) is 5.83. The van der Waals surface area contributed by atoms with E-state index in [-0.39, 0.29) is 0 Å². The highest BCUT2D eigenvalue weighted by Crippen LogP contribution is 2.28. The van der Waals surface area contributed by atoms with Gasteiger partial charge in [0.15, 0.2) is 0 Å². The smallest absolute Gasteiger partial charge is 0.120 e. The van der Waals surface area contributed by atoms with E-state index in [2.05, 4.69) is 6.07 Å². The van der Waals surface area contributed by atoms with E-state index in [0.717, 1.165) is 11.4 Å². The lowest BCUT2D eigenvalue weighted by Crippen LogP contribution is -2.14. The molecule has 0 atom stereocenters. The highest BCUT2D eigenvalue weighted by atomic mass is 15.1. The molecule has 2 aromatic rings. The zero-order chi connectivity index (χ0) is 12.8. The van der Waals surface area contributed by atoms with Crippen LogP contribution < -0.4 is 4.90 Å². The van der Waals surface area contributed by atoms with Gasteiger partial charge in [-0.15, -0.1) is 0 Å². The molecule has 88 valence electrons. The lowest BCUT2D eigenvalue weighted by molar-refractivity contribution is 1.20. The number of para-hydroxylation sites is 2. The van der Waals surface area contributed by atoms with Crippen molar-refractivity contribution in [2.24, 2.45) is 0 Å². The van der Waals surface area contributed by atoms with Crippen LogP contribution in [0.1, 0.15) is 6.92 Å². The molecule has 0 aliphatic rings. The molecule has 0 aliphatic heterocycles. The molecular formula is C16H14N2. The topological polar surface area (TPSA) is 27.0 Å². The maximum atomic E-state index is 9.26. The molecular weight excluding hydrogens is 220 g/mol. The largest absolute Gasteiger partial charge is 0.302 e. The van der Waals surface area contributed by atoms with Crippen LogP contribution in [0, 0.1) is 11.3 Å². The van der Waals surface area contributed by atoms with Crippen LogP contribution in [0.4, 0.5) is 11.4 Å². The van der Waals surface area contributed by atoms with Gasteiger partial charge in [0.1, 0.15) is 11.8 Å². The molecule has 0 radical (unpaired) electrons. The van der Waals surface area contributed by atoms with E-state index >= 15 is 0 Å². The Morgan fingerprint density at radius 3 is 1.72 bits per heavy atom. The van der Waals surface area contributed by atoms with E-state index in [1.165, 1.54) is 0 Å². The Kier molecular flexibility index (Phi) is 3.78. The lowest BCUT2D eigenvalue weighted by Gasteiger charge is -2.23. The number of anilines is 2. The van der Waals surface area contributed by atoms with Gasteiger partial charge < -0.3 is 4.90 Å². The molecule has 0 heterocycles. The van der Waals surface area contributed by atoms with Crippen LogP contribution in [-0.2, 0) is 0 Å². The van der Waals surface area contributed by atoms with Gasteiger partial charge in [0.25, 0.3) is 0 Å². The van der Waals surface area contributed by atoms with Crippen molar-refractivity contribution in [3.05, 3.63) is 72.4 Å². The number of rotatable bonds is 3. The van der Waals surface area contributed by atoms with Crippen LogP contribution in [0.3, 0.4) is 0 Å². The number of nitrogens with zero attached hydrogens (tertiary/aromatic N) is 2. The molecule has 0 saturated heterocycles. The highest BCUT2D eigenvalue weighted by Gasteiger charge is 2.12. The van der Waals surface area contributed by atoms with Gasteiger partial charge >= 0.3 is 0 Å². The second kappa shape index (κ2) is 5.70. The maximum Gasteiger partial charge on any atom is 0.120 e. The summed E-state index contributed by atoms with van der Waals surface area (Å²) in [6, 6.07) is 22.0. The first kappa shape index (κ1) is 11.9. The number of allylic oxidation sites excluding steroid dienone is 2. The van der Waals surface area contributed by atoms with Crippen LogP contribution in [-0.4, -0.2) is 0 Å². The second-order valence-corrected chi connectivity index (χ2v) is 3.79. The van der Waals surface area contributed by atoms with Gasteiger partial charge in [-0.2, -0.15) is 5.26 Å². The van der Waals surface area contributed by atoms with Gasteiger partial charge in [-0.3, -0.25) is 0 Å². The van der Waals surface area contributed by atoms with Crippen molar-refractivity contribution in [2.45, 2.75) is 6.92 Å². The number of hydrogen-bond acceptors (Lipinski definition) is 2. The molecule has 2 aromatic carbocycles. The zero-order valence-corrected chi connectivity index (χ0v) is 10.2. The summed E-state index contributed by atoms with van der Waals surface area (Å²) in [5, 5.41) is 9.26. The maximum absolute atomic E-state index is 9.26. The Morgan fingerprint density at radius 2 is 1.39 bits per heavy atom. The minimum atomic E-state index is 0.618. The standard InChI is InChI=1S/C16H14N2/c1-2-14(13-17)18(15-9-5-3-6-10-15)16-11-7-4-8-12-16/h2-12H,1H3. The van der Waals surface area contributed by atoms with Crippen LogP contribution in [0.15, 0.2) is 72.4 Å². The van der Waals surface area contributed by atoms with Crippen molar-refractivity contribution in [3.8, 4) is 6.07 Å². The molecule has 0 fully saturated rings. The molecule has 0 N–H and O–H groups in total. The lowest BCUT2D eigenvalue weighted by atomic mass is 10.2. The average molecular weight is 234 g/mol. The summed E-state index contributed by atoms with van der Waals surface area (Å²) in [4.78, 5) is 1.94. The second-order valence-electron chi connectivity index (χ2n) is 3.79. The summed E-state index contributed by atoms with van der Waals surface area (Å²) in [7, 11) is 0. The molecule has 0 aromatic heterocycles. The third-order valence-corrected chi connectivity index (χ3v) is 2.66. The van der Waals surface area contributed by atoms with Crippen LogP contribution in [0.2, 0.25) is 0 Å². The highest BCUT2D eigenvalue weighted by molar-refractivity contribution is 5.70. The minimum Gasteiger partial charge on any atom is -0.302 e. The fourth-order valence-corrected chi connectivity index (χ4v) is 1.83. The number of nitriles is 1. The quantitative estimate of drug-likeness (QED) is 0.742. The monoisotopic (exact) mass is 234 g/mol. The molecule has 0 saturated carbocycles. The summed E-state index contributed by atoms with van der Waals surface area (Å²) in [6.07, 6.45) is 1.82. The Balaban J connectivity index is 2.53. The molecule has 0 spiro atoms. The van der Waals surface area contributed by atoms with Crippen molar-refractivity contribution < 1.29 is 0 Å². The number of hydrogen-bond donors (Lipinski definition) is 0. The first-order chi connectivity index (χ1) is 8.86. The summed E-state index contributed by atoms with van der Waals surface area (Å²) in [6.45, 7) is 1.87. The molecule has 0 unspecified atom stereocenters. The fourth-order valence-electron chi connectivity index (χ4n) is 1.83. The van der Waals surface area contributed by atoms with E-state index in [4.69, 9.17) is 0 Å². The van der Waals surface area contributed by atoms with Gasteiger partial charge in [-0.05, 0) is 31.2 Å². The first-order valence-electron chi connectivity index (χ1n) is 5.83. The summed E-state index contributed by atoms with van der Waals surface area (Å²) in [5.41, 5.74) is 2.59. The fraction of sp³-hybridized carbons (Fsp3) is 0.0625. The molecule has 0 aliphatic carbocycles. The van der Waals surface area contributed by atoms with E-state index < -0.39 is 0 Å². The Labute approximate surface area is 107 Å². The van der Waals surface area contributed by atoms with Crippen molar-refractivity contribution in [2.75, 3.05) is 4.90 Å². The molecule has 18 heavy (non-hydrogen) atoms. The Bertz CT molecular complexity index is 526. The van der Waals surface area contributed by atoms with Gasteiger partial charge in [0, 0.05) is 11.4 Å². The van der Waals surface area contributed by atoms with E-state index in [1.807, 2.05) is 78.6 Å². The Morgan fingerprint density at radius 1 is 0.944 bits per heavy atom. The van der Waals surface area contributed by atoms with Crippen LogP contribution >= 0.6 is 0 Å². The predicted octanol–water partition coefficient (Wildman–Crippen LogP) is 4.25. The van der Waals surface area contributed by atoms with E-state index in [9.17, 15) is 5.26 Å². The molecule has 0 bridgehead atoms. The summed E-state index contributed by atoms with van der Waals surface area (Å²) in [5.74, 6) is 0. The van der Waals surface area contributed by atoms with Crippen LogP contribution in [0.25, 0.3) is 0 Å². The van der Waals surface area contributed by atoms with Crippen molar-refractivity contribution in [1.82, 2.24) is 0 Å².